The Kier molecular flexibility index (Phi) is 9.76. The van der Waals surface area contributed by atoms with E-state index in [-0.39, 0.29) is 23.8 Å². The number of nitrogens with one attached hydrogen (secondary N) is 2. The van der Waals surface area contributed by atoms with E-state index in [1.165, 1.54) is 6.42 Å². The van der Waals surface area contributed by atoms with Crippen LogP contribution in [0.5, 0.6) is 0 Å². The van der Waals surface area contributed by atoms with Crippen LogP contribution < -0.4 is 15.5 Å². The maximum absolute atomic E-state index is 13.0. The molecule has 0 radical (unpaired) electrons. The molecule has 0 aromatic heterocycles. The molecule has 1 saturated heterocycles. The first kappa shape index (κ1) is 26.0. The molecule has 3 atom stereocenters. The third kappa shape index (κ3) is 7.20. The summed E-state index contributed by atoms with van der Waals surface area (Å²) < 4.78 is 0. The molecule has 1 aliphatic carbocycles. The van der Waals surface area contributed by atoms with Crippen molar-refractivity contribution in [2.75, 3.05) is 37.6 Å². The molecule has 186 valence electrons. The van der Waals surface area contributed by atoms with Crippen molar-refractivity contribution in [3.63, 3.8) is 0 Å². The van der Waals surface area contributed by atoms with Crippen molar-refractivity contribution in [3.05, 3.63) is 29.8 Å². The fourth-order valence-electron chi connectivity index (χ4n) is 5.13. The fraction of sp³-hybridized carbons (Fsp3) is 0.667. The van der Waals surface area contributed by atoms with Gasteiger partial charge in [-0.15, -0.1) is 0 Å². The van der Waals surface area contributed by atoms with E-state index >= 15 is 0 Å². The number of rotatable bonds is 9. The maximum atomic E-state index is 13.0. The summed E-state index contributed by atoms with van der Waals surface area (Å²) in [7, 11) is 0. The highest BCUT2D eigenvalue weighted by Gasteiger charge is 2.33. The SMILES string of the molecule is CCCN1CCN(c2ccc(C(=O)NC3CCCC[C@H]3C(=O)N[C@H](C#N)CC(C)C)cc2)CC1. The first-order valence-corrected chi connectivity index (χ1v) is 13.0. The Balaban J connectivity index is 1.57. The molecule has 2 aliphatic rings. The monoisotopic (exact) mass is 467 g/mol. The summed E-state index contributed by atoms with van der Waals surface area (Å²) in [5, 5.41) is 15.4. The van der Waals surface area contributed by atoms with Gasteiger partial charge in [0.05, 0.1) is 12.0 Å². The van der Waals surface area contributed by atoms with Gasteiger partial charge >= 0.3 is 0 Å². The number of benzene rings is 1. The van der Waals surface area contributed by atoms with Gasteiger partial charge in [-0.05, 0) is 62.4 Å². The molecule has 2 amide bonds. The van der Waals surface area contributed by atoms with E-state index in [1.807, 2.05) is 38.1 Å². The molecule has 1 saturated carbocycles. The van der Waals surface area contributed by atoms with Crippen LogP contribution in [0.25, 0.3) is 0 Å². The van der Waals surface area contributed by atoms with Crippen LogP contribution >= 0.6 is 0 Å². The summed E-state index contributed by atoms with van der Waals surface area (Å²) >= 11 is 0. The highest BCUT2D eigenvalue weighted by Crippen LogP contribution is 2.26. The third-order valence-corrected chi connectivity index (χ3v) is 7.01. The molecule has 7 nitrogen and oxygen atoms in total. The van der Waals surface area contributed by atoms with E-state index < -0.39 is 6.04 Å². The van der Waals surface area contributed by atoms with Crippen molar-refractivity contribution in [3.8, 4) is 6.07 Å². The van der Waals surface area contributed by atoms with Crippen LogP contribution in [0, 0.1) is 23.2 Å². The van der Waals surface area contributed by atoms with Gasteiger partial charge in [0.1, 0.15) is 6.04 Å². The van der Waals surface area contributed by atoms with Gasteiger partial charge in [0.25, 0.3) is 5.91 Å². The van der Waals surface area contributed by atoms with Crippen LogP contribution in [0.15, 0.2) is 24.3 Å². The number of piperazine rings is 1. The Morgan fingerprint density at radius 2 is 1.76 bits per heavy atom. The second-order valence-electron chi connectivity index (χ2n) is 10.2. The van der Waals surface area contributed by atoms with Crippen LogP contribution in [0.4, 0.5) is 5.69 Å². The third-order valence-electron chi connectivity index (χ3n) is 7.01. The maximum Gasteiger partial charge on any atom is 0.251 e. The second kappa shape index (κ2) is 12.8. The fourth-order valence-corrected chi connectivity index (χ4v) is 5.13. The molecule has 34 heavy (non-hydrogen) atoms. The molecule has 1 aromatic rings. The summed E-state index contributed by atoms with van der Waals surface area (Å²) in [6, 6.07) is 9.33. The van der Waals surface area contributed by atoms with Gasteiger partial charge in [-0.3, -0.25) is 14.5 Å². The average molecular weight is 468 g/mol. The molecule has 1 unspecified atom stereocenters. The van der Waals surface area contributed by atoms with Gasteiger partial charge in [-0.1, -0.05) is 33.6 Å². The van der Waals surface area contributed by atoms with Crippen molar-refractivity contribution >= 4 is 17.5 Å². The lowest BCUT2D eigenvalue weighted by Crippen LogP contribution is -2.50. The molecule has 7 heteroatoms. The molecule has 1 heterocycles. The first-order valence-electron chi connectivity index (χ1n) is 13.0. The molecular formula is C27H41N5O2. The van der Waals surface area contributed by atoms with Gasteiger partial charge in [-0.25, -0.2) is 0 Å². The molecule has 0 bridgehead atoms. The standard InChI is InChI=1S/C27H41N5O2/c1-4-13-31-14-16-32(17-15-31)23-11-9-21(10-12-23)26(33)30-25-8-6-5-7-24(25)27(34)29-22(19-28)18-20(2)3/h9-12,20,22,24-25H,4-8,13-18H2,1-3H3,(H,29,34)(H,30,33)/t22-,24+,25?/m0/s1. The van der Waals surface area contributed by atoms with Crippen LogP contribution in [0.1, 0.15) is 69.7 Å². The van der Waals surface area contributed by atoms with Crippen LogP contribution in [0.3, 0.4) is 0 Å². The predicted molar refractivity (Wildman–Crippen MR) is 136 cm³/mol. The Labute approximate surface area is 204 Å². The smallest absolute Gasteiger partial charge is 0.251 e. The van der Waals surface area contributed by atoms with Crippen LogP contribution in [-0.4, -0.2) is 61.5 Å². The topological polar surface area (TPSA) is 88.5 Å². The molecular weight excluding hydrogens is 426 g/mol. The minimum absolute atomic E-state index is 0.116. The molecule has 1 aromatic carbocycles. The zero-order chi connectivity index (χ0) is 24.5. The average Bonchev–Trinajstić information content (AvgIpc) is 2.84. The molecule has 2 fully saturated rings. The summed E-state index contributed by atoms with van der Waals surface area (Å²) in [6.07, 6.45) is 5.29. The van der Waals surface area contributed by atoms with Crippen molar-refractivity contribution < 1.29 is 9.59 Å². The van der Waals surface area contributed by atoms with Crippen molar-refractivity contribution in [1.82, 2.24) is 15.5 Å². The number of carbonyl (C=O) groups is 2. The highest BCUT2D eigenvalue weighted by molar-refractivity contribution is 5.95. The van der Waals surface area contributed by atoms with Gasteiger partial charge in [0, 0.05) is 43.5 Å². The van der Waals surface area contributed by atoms with Gasteiger partial charge in [0.2, 0.25) is 5.91 Å². The lowest BCUT2D eigenvalue weighted by Gasteiger charge is -2.36. The van der Waals surface area contributed by atoms with E-state index in [0.29, 0.717) is 17.9 Å². The first-order chi connectivity index (χ1) is 16.4. The Morgan fingerprint density at radius 3 is 2.38 bits per heavy atom. The van der Waals surface area contributed by atoms with E-state index in [4.69, 9.17) is 0 Å². The molecule has 0 spiro atoms. The number of nitriles is 1. The lowest BCUT2D eigenvalue weighted by atomic mass is 9.83. The summed E-state index contributed by atoms with van der Waals surface area (Å²) in [5.74, 6) is -0.216. The molecule has 2 N–H and O–H groups in total. The summed E-state index contributed by atoms with van der Waals surface area (Å²) in [5.41, 5.74) is 1.77. The highest BCUT2D eigenvalue weighted by atomic mass is 16.2. The number of anilines is 1. The molecule has 1 aliphatic heterocycles. The van der Waals surface area contributed by atoms with Crippen molar-refractivity contribution in [1.29, 1.82) is 5.26 Å². The van der Waals surface area contributed by atoms with Gasteiger partial charge < -0.3 is 15.5 Å². The lowest BCUT2D eigenvalue weighted by molar-refractivity contribution is -0.127. The largest absolute Gasteiger partial charge is 0.369 e. The van der Waals surface area contributed by atoms with Gasteiger partial charge in [-0.2, -0.15) is 5.26 Å². The van der Waals surface area contributed by atoms with E-state index in [0.717, 1.165) is 64.1 Å². The number of hydrogen-bond acceptors (Lipinski definition) is 5. The summed E-state index contributed by atoms with van der Waals surface area (Å²) in [6.45, 7) is 11.6. The second-order valence-corrected chi connectivity index (χ2v) is 10.2. The zero-order valence-corrected chi connectivity index (χ0v) is 21.1. The molecule has 3 rings (SSSR count). The van der Waals surface area contributed by atoms with E-state index in [1.54, 1.807) is 0 Å². The minimum atomic E-state index is -0.484. The Hall–Kier alpha value is -2.59. The van der Waals surface area contributed by atoms with E-state index in [9.17, 15) is 14.9 Å². The predicted octanol–water partition coefficient (Wildman–Crippen LogP) is 3.56. The van der Waals surface area contributed by atoms with Crippen molar-refractivity contribution in [2.24, 2.45) is 11.8 Å². The normalized spacial score (nSPS) is 22.1. The van der Waals surface area contributed by atoms with E-state index in [2.05, 4.69) is 33.4 Å². The summed E-state index contributed by atoms with van der Waals surface area (Å²) in [4.78, 5) is 30.8. The number of hydrogen-bond donors (Lipinski definition) is 2. The Morgan fingerprint density at radius 1 is 1.09 bits per heavy atom. The van der Waals surface area contributed by atoms with Crippen LogP contribution in [0.2, 0.25) is 0 Å². The van der Waals surface area contributed by atoms with Crippen LogP contribution in [-0.2, 0) is 4.79 Å². The number of amides is 2. The zero-order valence-electron chi connectivity index (χ0n) is 21.1. The quantitative estimate of drug-likeness (QED) is 0.580. The number of carbonyl (C=O) groups excluding carboxylic acids is 2. The van der Waals surface area contributed by atoms with Crippen molar-refractivity contribution in [2.45, 2.75) is 71.4 Å². The Bertz CT molecular complexity index is 840. The van der Waals surface area contributed by atoms with Gasteiger partial charge in [0.15, 0.2) is 0 Å². The minimum Gasteiger partial charge on any atom is -0.369 e. The number of nitrogens with zero attached hydrogens (tertiary/aromatic N) is 3.